The molecule has 150 valence electrons. The number of rotatable bonds is 4. The van der Waals surface area contributed by atoms with Crippen LogP contribution < -0.4 is 4.74 Å². The van der Waals surface area contributed by atoms with Crippen LogP contribution in [0.1, 0.15) is 23.2 Å². The first kappa shape index (κ1) is 21.1. The Balaban J connectivity index is 0.000000817. The van der Waals surface area contributed by atoms with Gasteiger partial charge in [-0.15, -0.1) is 0 Å². The zero-order valence-electron chi connectivity index (χ0n) is 16.4. The van der Waals surface area contributed by atoms with E-state index in [4.69, 9.17) is 19.4 Å². The minimum absolute atomic E-state index is 0.0183. The second-order valence-electron chi connectivity index (χ2n) is 7.17. The molecule has 2 aliphatic rings. The van der Waals surface area contributed by atoms with Gasteiger partial charge in [-0.05, 0) is 50.9 Å². The predicted octanol–water partition coefficient (Wildman–Crippen LogP) is 1.22. The molecule has 1 aliphatic heterocycles. The minimum Gasteiger partial charge on any atom is -0.483 e. The fourth-order valence-corrected chi connectivity index (χ4v) is 4.24. The summed E-state index contributed by atoms with van der Waals surface area (Å²) in [5, 5.41) is 6.89. The number of carbonyl (C=O) groups is 2. The lowest BCUT2D eigenvalue weighted by Crippen LogP contribution is -2.47. The molecule has 0 radical (unpaired) electrons. The highest BCUT2D eigenvalue weighted by Crippen LogP contribution is 2.39. The Hall–Kier alpha value is -2.19. The molecule has 0 bridgehead atoms. The number of ether oxygens (including phenoxy) is 2. The summed E-state index contributed by atoms with van der Waals surface area (Å²) in [7, 11) is 7.55. The van der Waals surface area contributed by atoms with Gasteiger partial charge in [0.2, 0.25) is 5.88 Å². The zero-order valence-corrected chi connectivity index (χ0v) is 16.4. The molecule has 1 aromatic rings. The molecule has 0 aromatic carbocycles. The van der Waals surface area contributed by atoms with Gasteiger partial charge in [-0.2, -0.15) is 0 Å². The molecule has 8 nitrogen and oxygen atoms in total. The first-order valence-corrected chi connectivity index (χ1v) is 9.02. The average Bonchev–Trinajstić information content (AvgIpc) is 3.09. The van der Waals surface area contributed by atoms with Gasteiger partial charge < -0.3 is 24.4 Å². The topological polar surface area (TPSA) is 92.2 Å². The van der Waals surface area contributed by atoms with Crippen molar-refractivity contribution in [1.29, 1.82) is 0 Å². The molecule has 1 aliphatic carbocycles. The Morgan fingerprint density at radius 2 is 1.93 bits per heavy atom. The third kappa shape index (κ3) is 4.75. The fourth-order valence-electron chi connectivity index (χ4n) is 4.24. The molecule has 8 heteroatoms. The summed E-state index contributed by atoms with van der Waals surface area (Å²) < 4.78 is 11.0. The molecule has 1 amide bonds. The van der Waals surface area contributed by atoms with Crippen molar-refractivity contribution in [1.82, 2.24) is 14.8 Å². The number of fused-ring (bicyclic) bond motifs is 1. The van der Waals surface area contributed by atoms with Crippen molar-refractivity contribution < 1.29 is 24.2 Å². The van der Waals surface area contributed by atoms with Crippen molar-refractivity contribution in [3.05, 3.63) is 23.9 Å². The number of hydrogen-bond donors (Lipinski definition) is 1. The van der Waals surface area contributed by atoms with E-state index in [1.54, 1.807) is 32.5 Å². The van der Waals surface area contributed by atoms with Crippen molar-refractivity contribution in [2.24, 2.45) is 11.8 Å². The van der Waals surface area contributed by atoms with E-state index in [-0.39, 0.29) is 18.5 Å². The van der Waals surface area contributed by atoms with Gasteiger partial charge in [-0.25, -0.2) is 4.98 Å². The smallest absolute Gasteiger partial charge is 0.290 e. The molecule has 0 spiro atoms. The van der Waals surface area contributed by atoms with Gasteiger partial charge in [0.05, 0.1) is 13.2 Å². The molecule has 4 atom stereocenters. The second kappa shape index (κ2) is 9.66. The molecule has 27 heavy (non-hydrogen) atoms. The maximum absolute atomic E-state index is 12.9. The maximum atomic E-state index is 12.9. The van der Waals surface area contributed by atoms with Crippen molar-refractivity contribution in [2.45, 2.75) is 25.0 Å². The zero-order chi connectivity index (χ0) is 20.0. The summed E-state index contributed by atoms with van der Waals surface area (Å²) in [5.74, 6) is 1.47. The van der Waals surface area contributed by atoms with E-state index in [1.165, 1.54) is 0 Å². The van der Waals surface area contributed by atoms with Crippen molar-refractivity contribution in [3.63, 3.8) is 0 Å². The summed E-state index contributed by atoms with van der Waals surface area (Å²) in [6.45, 7) is 1.35. The first-order valence-electron chi connectivity index (χ1n) is 9.02. The number of methoxy groups -OCH3 is 2. The third-order valence-electron chi connectivity index (χ3n) is 5.53. The van der Waals surface area contributed by atoms with Gasteiger partial charge in [-0.1, -0.05) is 0 Å². The number of nitrogens with zero attached hydrogens (tertiary/aromatic N) is 3. The van der Waals surface area contributed by atoms with Crippen LogP contribution in [0.4, 0.5) is 0 Å². The Morgan fingerprint density at radius 3 is 2.48 bits per heavy atom. The molecule has 1 N–H and O–H groups in total. The highest BCUT2D eigenvalue weighted by Gasteiger charge is 2.44. The fraction of sp³-hybridized carbons (Fsp3) is 0.632. The molecule has 1 aromatic heterocycles. The Labute approximate surface area is 160 Å². The Kier molecular flexibility index (Phi) is 7.55. The standard InChI is InChI=1S/C18H27N3O3.CH2O2/c1-20(2)15-8-12-10-21(11-13(12)9-16(15)23-3)18(22)14-6-5-7-19-17(14)24-4;2-1-3/h5-7,12-13,15-16H,8-11H2,1-4H3;1H,(H,2,3)/t12-,13+,15-,16-;/m1./s1. The van der Waals surface area contributed by atoms with Crippen LogP contribution in [-0.2, 0) is 9.53 Å². The summed E-state index contributed by atoms with van der Waals surface area (Å²) in [6.07, 6.45) is 3.97. The second-order valence-corrected chi connectivity index (χ2v) is 7.17. The SMILES string of the molecule is COc1ncccc1C(=O)N1C[C@H]2C[C@@H](N(C)C)[C@H](OC)C[C@H]2C1.O=CO. The quantitative estimate of drug-likeness (QED) is 0.786. The Morgan fingerprint density at radius 1 is 1.30 bits per heavy atom. The van der Waals surface area contributed by atoms with Crippen LogP contribution in [0.25, 0.3) is 0 Å². The van der Waals surface area contributed by atoms with Crippen LogP contribution >= 0.6 is 0 Å². The lowest BCUT2D eigenvalue weighted by Gasteiger charge is -2.40. The number of carbonyl (C=O) groups excluding carboxylic acids is 1. The molecule has 2 heterocycles. The number of hydrogen-bond acceptors (Lipinski definition) is 6. The molecule has 1 saturated heterocycles. The minimum atomic E-state index is -0.250. The van der Waals surface area contributed by atoms with E-state index in [0.717, 1.165) is 25.9 Å². The van der Waals surface area contributed by atoms with Gasteiger partial charge in [0, 0.05) is 32.4 Å². The molecule has 1 saturated carbocycles. The van der Waals surface area contributed by atoms with Gasteiger partial charge >= 0.3 is 0 Å². The van der Waals surface area contributed by atoms with Crippen LogP contribution in [-0.4, -0.2) is 85.8 Å². The van der Waals surface area contributed by atoms with Crippen LogP contribution in [0.5, 0.6) is 5.88 Å². The molecule has 3 rings (SSSR count). The summed E-state index contributed by atoms with van der Waals surface area (Å²) in [4.78, 5) is 29.6. The van der Waals surface area contributed by atoms with Gasteiger partial charge in [0.1, 0.15) is 5.56 Å². The number of carboxylic acid groups (broad SMARTS) is 1. The first-order chi connectivity index (χ1) is 13.0. The third-order valence-corrected chi connectivity index (χ3v) is 5.53. The Bertz CT molecular complexity index is 640. The predicted molar refractivity (Wildman–Crippen MR) is 99.9 cm³/mol. The number of aromatic nitrogens is 1. The van der Waals surface area contributed by atoms with Crippen molar-refractivity contribution in [2.75, 3.05) is 41.4 Å². The van der Waals surface area contributed by atoms with E-state index in [9.17, 15) is 4.79 Å². The van der Waals surface area contributed by atoms with E-state index in [0.29, 0.717) is 29.3 Å². The van der Waals surface area contributed by atoms with Gasteiger partial charge in [0.15, 0.2) is 0 Å². The van der Waals surface area contributed by atoms with Crippen LogP contribution in [0.2, 0.25) is 0 Å². The van der Waals surface area contributed by atoms with E-state index in [2.05, 4.69) is 24.0 Å². The van der Waals surface area contributed by atoms with Crippen LogP contribution in [0.3, 0.4) is 0 Å². The average molecular weight is 379 g/mol. The van der Waals surface area contributed by atoms with E-state index in [1.807, 2.05) is 4.90 Å². The number of likely N-dealkylation sites (tertiary alicyclic amines) is 1. The van der Waals surface area contributed by atoms with Gasteiger partial charge in [-0.3, -0.25) is 9.59 Å². The highest BCUT2D eigenvalue weighted by atomic mass is 16.5. The van der Waals surface area contributed by atoms with Crippen molar-refractivity contribution in [3.8, 4) is 5.88 Å². The monoisotopic (exact) mass is 379 g/mol. The van der Waals surface area contributed by atoms with E-state index < -0.39 is 0 Å². The van der Waals surface area contributed by atoms with Crippen molar-refractivity contribution >= 4 is 12.4 Å². The number of amides is 1. The molecule has 2 fully saturated rings. The number of likely N-dealkylation sites (N-methyl/N-ethyl adjacent to an activating group) is 1. The van der Waals surface area contributed by atoms with E-state index >= 15 is 0 Å². The maximum Gasteiger partial charge on any atom is 0.290 e. The lowest BCUT2D eigenvalue weighted by molar-refractivity contribution is -0.122. The normalized spacial score (nSPS) is 26.8. The molecular formula is C19H29N3O5. The largest absolute Gasteiger partial charge is 0.483 e. The summed E-state index contributed by atoms with van der Waals surface area (Å²) in [6, 6.07) is 3.98. The van der Waals surface area contributed by atoms with Crippen LogP contribution in [0, 0.1) is 11.8 Å². The molecular weight excluding hydrogens is 350 g/mol. The van der Waals surface area contributed by atoms with Crippen LogP contribution in [0.15, 0.2) is 18.3 Å². The highest BCUT2D eigenvalue weighted by molar-refractivity contribution is 5.96. The number of pyridine rings is 1. The summed E-state index contributed by atoms with van der Waals surface area (Å²) >= 11 is 0. The van der Waals surface area contributed by atoms with Gasteiger partial charge in [0.25, 0.3) is 12.4 Å². The summed E-state index contributed by atoms with van der Waals surface area (Å²) in [5.41, 5.74) is 0.547. The lowest BCUT2D eigenvalue weighted by atomic mass is 9.77. The molecule has 0 unspecified atom stereocenters.